The molecular formula is C10H15NO. The predicted octanol–water partition coefficient (Wildman–Crippen LogP) is 1.63. The summed E-state index contributed by atoms with van der Waals surface area (Å²) in [5.74, 6) is 0.298. The third kappa shape index (κ3) is 1.77. The molecule has 0 saturated carbocycles. The molecule has 1 aromatic rings. The van der Waals surface area contributed by atoms with Crippen molar-refractivity contribution in [1.29, 1.82) is 0 Å². The molecule has 0 aliphatic rings. The molecule has 0 aromatic heterocycles. The molecule has 0 radical (unpaired) electrons. The fourth-order valence-electron chi connectivity index (χ4n) is 1.03. The van der Waals surface area contributed by atoms with E-state index in [9.17, 15) is 0 Å². The van der Waals surface area contributed by atoms with Gasteiger partial charge in [0.25, 0.3) is 0 Å². The smallest absolute Gasteiger partial charge is 0.115 e. The third-order valence-corrected chi connectivity index (χ3v) is 2.16. The van der Waals surface area contributed by atoms with Crippen molar-refractivity contribution in [3.05, 3.63) is 29.8 Å². The Morgan fingerprint density at radius 3 is 2.17 bits per heavy atom. The van der Waals surface area contributed by atoms with Crippen molar-refractivity contribution >= 4 is 0 Å². The second kappa shape index (κ2) is 3.15. The van der Waals surface area contributed by atoms with Gasteiger partial charge in [-0.3, -0.25) is 0 Å². The molecule has 3 N–H and O–H groups in total. The van der Waals surface area contributed by atoms with Crippen molar-refractivity contribution < 1.29 is 5.11 Å². The molecule has 0 saturated heterocycles. The monoisotopic (exact) mass is 165 g/mol. The maximum atomic E-state index is 9.06. The number of hydrogen-bond donors (Lipinski definition) is 2. The van der Waals surface area contributed by atoms with E-state index in [2.05, 4.69) is 13.8 Å². The Morgan fingerprint density at radius 1 is 1.25 bits per heavy atom. The second-order valence-electron chi connectivity index (χ2n) is 3.63. The summed E-state index contributed by atoms with van der Waals surface area (Å²) in [6.07, 6.45) is 0. The molecule has 0 fully saturated rings. The zero-order valence-electron chi connectivity index (χ0n) is 7.54. The zero-order chi connectivity index (χ0) is 9.19. The summed E-state index contributed by atoms with van der Waals surface area (Å²) in [4.78, 5) is 0. The minimum Gasteiger partial charge on any atom is -0.508 e. The van der Waals surface area contributed by atoms with Crippen molar-refractivity contribution in [2.75, 3.05) is 6.54 Å². The van der Waals surface area contributed by atoms with Crippen LogP contribution in [0.5, 0.6) is 5.75 Å². The Kier molecular flexibility index (Phi) is 2.38. The highest BCUT2D eigenvalue weighted by molar-refractivity contribution is 5.30. The highest BCUT2D eigenvalue weighted by Gasteiger charge is 2.17. The highest BCUT2D eigenvalue weighted by atomic mass is 16.3. The van der Waals surface area contributed by atoms with Gasteiger partial charge in [0.05, 0.1) is 0 Å². The summed E-state index contributed by atoms with van der Waals surface area (Å²) in [6, 6.07) is 7.18. The first kappa shape index (κ1) is 9.07. The second-order valence-corrected chi connectivity index (χ2v) is 3.63. The maximum absolute atomic E-state index is 9.06. The average Bonchev–Trinajstić information content (AvgIpc) is 2.05. The Labute approximate surface area is 73.0 Å². The molecule has 66 valence electrons. The number of rotatable bonds is 2. The van der Waals surface area contributed by atoms with Crippen molar-refractivity contribution in [3.8, 4) is 5.75 Å². The van der Waals surface area contributed by atoms with Crippen LogP contribution in [0, 0.1) is 0 Å². The van der Waals surface area contributed by atoms with Crippen LogP contribution in [0.2, 0.25) is 0 Å². The predicted molar refractivity (Wildman–Crippen MR) is 50.2 cm³/mol. The number of nitrogens with two attached hydrogens (primary N) is 1. The molecule has 0 aliphatic heterocycles. The Bertz CT molecular complexity index is 251. The van der Waals surface area contributed by atoms with Crippen LogP contribution in [0.1, 0.15) is 19.4 Å². The van der Waals surface area contributed by atoms with Crippen molar-refractivity contribution in [2.45, 2.75) is 19.3 Å². The van der Waals surface area contributed by atoms with Crippen molar-refractivity contribution in [2.24, 2.45) is 5.73 Å². The van der Waals surface area contributed by atoms with Crippen LogP contribution in [0.15, 0.2) is 24.3 Å². The fourth-order valence-corrected chi connectivity index (χ4v) is 1.03. The molecule has 2 heteroatoms. The van der Waals surface area contributed by atoms with Gasteiger partial charge in [0.1, 0.15) is 5.75 Å². The maximum Gasteiger partial charge on any atom is 0.115 e. The van der Waals surface area contributed by atoms with E-state index >= 15 is 0 Å². The first-order chi connectivity index (χ1) is 5.56. The molecule has 0 atom stereocenters. The van der Waals surface area contributed by atoms with Gasteiger partial charge in [0.2, 0.25) is 0 Å². The van der Waals surface area contributed by atoms with E-state index in [1.807, 2.05) is 12.1 Å². The average molecular weight is 165 g/mol. The number of aromatic hydroxyl groups is 1. The largest absolute Gasteiger partial charge is 0.508 e. The summed E-state index contributed by atoms with van der Waals surface area (Å²) in [6.45, 7) is 4.77. The standard InChI is InChI=1S/C10H15NO/c1-10(2,7-11)8-3-5-9(12)6-4-8/h3-6,12H,7,11H2,1-2H3. The third-order valence-electron chi connectivity index (χ3n) is 2.16. The Morgan fingerprint density at radius 2 is 1.75 bits per heavy atom. The minimum absolute atomic E-state index is 0.00625. The van der Waals surface area contributed by atoms with E-state index in [1.165, 1.54) is 0 Å². The molecule has 1 rings (SSSR count). The van der Waals surface area contributed by atoms with Crippen LogP contribution in [0.25, 0.3) is 0 Å². The van der Waals surface area contributed by atoms with Gasteiger partial charge in [-0.25, -0.2) is 0 Å². The van der Waals surface area contributed by atoms with Gasteiger partial charge in [-0.15, -0.1) is 0 Å². The molecule has 12 heavy (non-hydrogen) atoms. The lowest BCUT2D eigenvalue weighted by atomic mass is 9.85. The summed E-state index contributed by atoms with van der Waals surface area (Å²) in [7, 11) is 0. The van der Waals surface area contributed by atoms with Gasteiger partial charge < -0.3 is 10.8 Å². The number of phenols is 1. The lowest BCUT2D eigenvalue weighted by Gasteiger charge is -2.22. The van der Waals surface area contributed by atoms with Gasteiger partial charge in [0, 0.05) is 12.0 Å². The summed E-state index contributed by atoms with van der Waals surface area (Å²) < 4.78 is 0. The quantitative estimate of drug-likeness (QED) is 0.699. The molecule has 1 aromatic carbocycles. The van der Waals surface area contributed by atoms with E-state index in [-0.39, 0.29) is 5.41 Å². The number of phenolic OH excluding ortho intramolecular Hbond substituents is 1. The van der Waals surface area contributed by atoms with Gasteiger partial charge in [0.15, 0.2) is 0 Å². The molecular weight excluding hydrogens is 150 g/mol. The van der Waals surface area contributed by atoms with Gasteiger partial charge in [-0.2, -0.15) is 0 Å². The molecule has 0 bridgehead atoms. The van der Waals surface area contributed by atoms with Crippen LogP contribution in [-0.2, 0) is 5.41 Å². The van der Waals surface area contributed by atoms with E-state index in [0.29, 0.717) is 12.3 Å². The van der Waals surface area contributed by atoms with Crippen LogP contribution in [0.4, 0.5) is 0 Å². The van der Waals surface area contributed by atoms with Crippen LogP contribution >= 0.6 is 0 Å². The normalized spacial score (nSPS) is 11.6. The molecule has 0 spiro atoms. The van der Waals surface area contributed by atoms with E-state index in [1.54, 1.807) is 12.1 Å². The minimum atomic E-state index is -0.00625. The van der Waals surface area contributed by atoms with Gasteiger partial charge in [-0.05, 0) is 17.7 Å². The molecule has 0 amide bonds. The van der Waals surface area contributed by atoms with Gasteiger partial charge in [-0.1, -0.05) is 26.0 Å². The van der Waals surface area contributed by atoms with E-state index < -0.39 is 0 Å². The van der Waals surface area contributed by atoms with Crippen molar-refractivity contribution in [3.63, 3.8) is 0 Å². The van der Waals surface area contributed by atoms with Crippen LogP contribution in [0.3, 0.4) is 0 Å². The van der Waals surface area contributed by atoms with Crippen LogP contribution in [-0.4, -0.2) is 11.7 Å². The zero-order valence-corrected chi connectivity index (χ0v) is 7.54. The molecule has 0 heterocycles. The van der Waals surface area contributed by atoms with E-state index in [4.69, 9.17) is 10.8 Å². The lowest BCUT2D eigenvalue weighted by Crippen LogP contribution is -2.27. The Balaban J connectivity index is 2.96. The lowest BCUT2D eigenvalue weighted by molar-refractivity contribution is 0.473. The highest BCUT2D eigenvalue weighted by Crippen LogP contribution is 2.23. The topological polar surface area (TPSA) is 46.2 Å². The van der Waals surface area contributed by atoms with E-state index in [0.717, 1.165) is 5.56 Å². The van der Waals surface area contributed by atoms with Gasteiger partial charge >= 0.3 is 0 Å². The van der Waals surface area contributed by atoms with Crippen molar-refractivity contribution in [1.82, 2.24) is 0 Å². The summed E-state index contributed by atoms with van der Waals surface area (Å²) >= 11 is 0. The fraction of sp³-hybridized carbons (Fsp3) is 0.400. The first-order valence-electron chi connectivity index (χ1n) is 4.06. The number of hydrogen-bond acceptors (Lipinski definition) is 2. The number of benzene rings is 1. The summed E-state index contributed by atoms with van der Waals surface area (Å²) in [5, 5.41) is 9.06. The summed E-state index contributed by atoms with van der Waals surface area (Å²) in [5.41, 5.74) is 6.76. The molecule has 0 unspecified atom stereocenters. The molecule has 2 nitrogen and oxygen atoms in total. The Hall–Kier alpha value is -1.02. The molecule has 0 aliphatic carbocycles. The van der Waals surface area contributed by atoms with Crippen LogP contribution < -0.4 is 5.73 Å². The first-order valence-corrected chi connectivity index (χ1v) is 4.06. The SMILES string of the molecule is CC(C)(CN)c1ccc(O)cc1.